The Morgan fingerprint density at radius 3 is 2.71 bits per heavy atom. The van der Waals surface area contributed by atoms with Gasteiger partial charge in [-0.2, -0.15) is 0 Å². The molecule has 0 saturated heterocycles. The molecule has 0 saturated carbocycles. The highest BCUT2D eigenvalue weighted by molar-refractivity contribution is 14.1. The summed E-state index contributed by atoms with van der Waals surface area (Å²) in [6.07, 6.45) is 1.41. The van der Waals surface area contributed by atoms with Gasteiger partial charge in [0, 0.05) is 6.08 Å². The van der Waals surface area contributed by atoms with Crippen LogP contribution in [0.5, 0.6) is 0 Å². The van der Waals surface area contributed by atoms with E-state index in [4.69, 9.17) is 11.1 Å². The molecule has 0 aliphatic carbocycles. The molecule has 14 heavy (non-hydrogen) atoms. The van der Waals surface area contributed by atoms with Crippen LogP contribution in [0.2, 0.25) is 0 Å². The lowest BCUT2D eigenvalue weighted by Crippen LogP contribution is -2.07. The first kappa shape index (κ1) is 11.0. The zero-order valence-corrected chi connectivity index (χ0v) is 9.38. The lowest BCUT2D eigenvalue weighted by atomic mass is 10.3. The van der Waals surface area contributed by atoms with Crippen LogP contribution in [0.4, 0.5) is 10.1 Å². The summed E-state index contributed by atoms with van der Waals surface area (Å²) in [5.74, 6) is -0.406. The minimum atomic E-state index is -0.335. The Labute approximate surface area is 94.8 Å². The molecular formula is C9H9FIN3. The molecule has 74 valence electrons. The quantitative estimate of drug-likeness (QED) is 0.348. The highest BCUT2D eigenvalue weighted by atomic mass is 127. The van der Waals surface area contributed by atoms with Crippen molar-refractivity contribution in [2.24, 2.45) is 5.73 Å². The molecule has 1 aromatic rings. The molecule has 1 aromatic carbocycles. The van der Waals surface area contributed by atoms with Crippen molar-refractivity contribution in [1.29, 1.82) is 5.41 Å². The molecule has 5 heteroatoms. The minimum Gasteiger partial charge on any atom is -0.384 e. The Morgan fingerprint density at radius 2 is 2.14 bits per heavy atom. The summed E-state index contributed by atoms with van der Waals surface area (Å²) in [7, 11) is 0. The first-order valence-corrected chi connectivity index (χ1v) is 4.90. The molecule has 3 nitrogen and oxygen atoms in total. The third kappa shape index (κ3) is 3.33. The van der Waals surface area contributed by atoms with E-state index >= 15 is 0 Å². The summed E-state index contributed by atoms with van der Waals surface area (Å²) in [5.41, 5.74) is 5.52. The van der Waals surface area contributed by atoms with E-state index in [0.717, 1.165) is 0 Å². The third-order valence-electron chi connectivity index (χ3n) is 1.41. The SMILES string of the molecule is N=C(N)/C=C(/I)Nc1ccccc1F. The highest BCUT2D eigenvalue weighted by Crippen LogP contribution is 2.17. The van der Waals surface area contributed by atoms with Gasteiger partial charge < -0.3 is 11.1 Å². The molecule has 4 N–H and O–H groups in total. The number of nitrogens with two attached hydrogens (primary N) is 1. The van der Waals surface area contributed by atoms with Crippen LogP contribution in [0, 0.1) is 11.2 Å². The van der Waals surface area contributed by atoms with Crippen molar-refractivity contribution in [1.82, 2.24) is 0 Å². The average Bonchev–Trinajstić information content (AvgIpc) is 2.07. The Bertz CT molecular complexity index is 376. The van der Waals surface area contributed by atoms with Crippen LogP contribution >= 0.6 is 22.6 Å². The lowest BCUT2D eigenvalue weighted by Gasteiger charge is -2.05. The van der Waals surface area contributed by atoms with E-state index < -0.39 is 0 Å². The van der Waals surface area contributed by atoms with Crippen molar-refractivity contribution in [2.45, 2.75) is 0 Å². The Kier molecular flexibility index (Phi) is 3.87. The number of amidine groups is 1. The van der Waals surface area contributed by atoms with E-state index in [1.807, 2.05) is 22.6 Å². The number of halogens is 2. The maximum absolute atomic E-state index is 13.1. The van der Waals surface area contributed by atoms with Crippen LogP contribution in [0.3, 0.4) is 0 Å². The number of nitrogens with one attached hydrogen (secondary N) is 2. The molecule has 0 radical (unpaired) electrons. The molecule has 0 aliphatic rings. The highest BCUT2D eigenvalue weighted by Gasteiger charge is 2.00. The molecule has 0 aromatic heterocycles. The molecule has 0 unspecified atom stereocenters. The molecular weight excluding hydrogens is 296 g/mol. The third-order valence-corrected chi connectivity index (χ3v) is 1.99. The van der Waals surface area contributed by atoms with E-state index in [9.17, 15) is 4.39 Å². The fourth-order valence-corrected chi connectivity index (χ4v) is 1.49. The second-order valence-electron chi connectivity index (χ2n) is 2.55. The van der Waals surface area contributed by atoms with Gasteiger partial charge in [0.15, 0.2) is 0 Å². The number of benzene rings is 1. The van der Waals surface area contributed by atoms with Crippen LogP contribution in [0.25, 0.3) is 0 Å². The molecule has 0 bridgehead atoms. The second kappa shape index (κ2) is 4.94. The topological polar surface area (TPSA) is 61.9 Å². The monoisotopic (exact) mass is 305 g/mol. The van der Waals surface area contributed by atoms with Crippen molar-refractivity contribution in [3.63, 3.8) is 0 Å². The van der Waals surface area contributed by atoms with Gasteiger partial charge in [-0.25, -0.2) is 4.39 Å². The van der Waals surface area contributed by atoms with Crippen LogP contribution < -0.4 is 11.1 Å². The average molecular weight is 305 g/mol. The van der Waals surface area contributed by atoms with Crippen LogP contribution in [-0.2, 0) is 0 Å². The smallest absolute Gasteiger partial charge is 0.146 e. The van der Waals surface area contributed by atoms with Crippen molar-refractivity contribution in [3.8, 4) is 0 Å². The predicted molar refractivity (Wildman–Crippen MR) is 64.0 cm³/mol. The van der Waals surface area contributed by atoms with Crippen molar-refractivity contribution < 1.29 is 4.39 Å². The first-order chi connectivity index (χ1) is 6.59. The van der Waals surface area contributed by atoms with E-state index in [1.54, 1.807) is 18.2 Å². The molecule has 0 aliphatic heterocycles. The zero-order chi connectivity index (χ0) is 10.6. The zero-order valence-electron chi connectivity index (χ0n) is 7.22. The molecule has 0 atom stereocenters. The van der Waals surface area contributed by atoms with Gasteiger partial charge in [0.25, 0.3) is 0 Å². The Morgan fingerprint density at radius 1 is 1.50 bits per heavy atom. The summed E-state index contributed by atoms with van der Waals surface area (Å²) in [4.78, 5) is 0. The first-order valence-electron chi connectivity index (χ1n) is 3.82. The number of para-hydroxylation sites is 1. The lowest BCUT2D eigenvalue weighted by molar-refractivity contribution is 0.632. The van der Waals surface area contributed by atoms with Gasteiger partial charge in [-0.3, -0.25) is 5.41 Å². The number of hydrogen-bond donors (Lipinski definition) is 3. The van der Waals surface area contributed by atoms with Gasteiger partial charge >= 0.3 is 0 Å². The number of rotatable bonds is 3. The fourth-order valence-electron chi connectivity index (χ4n) is 0.864. The summed E-state index contributed by atoms with van der Waals surface area (Å²) in [6.45, 7) is 0. The summed E-state index contributed by atoms with van der Waals surface area (Å²) < 4.78 is 13.7. The van der Waals surface area contributed by atoms with Crippen molar-refractivity contribution >= 4 is 34.1 Å². The van der Waals surface area contributed by atoms with Crippen molar-refractivity contribution in [3.05, 3.63) is 39.9 Å². The Hall–Kier alpha value is -1.11. The molecule has 0 heterocycles. The maximum Gasteiger partial charge on any atom is 0.146 e. The maximum atomic E-state index is 13.1. The van der Waals surface area contributed by atoms with Gasteiger partial charge in [0.1, 0.15) is 11.7 Å². The summed E-state index contributed by atoms with van der Waals surface area (Å²) in [6, 6.07) is 6.31. The minimum absolute atomic E-state index is 0.0711. The van der Waals surface area contributed by atoms with Gasteiger partial charge in [0.2, 0.25) is 0 Å². The normalized spacial score (nSPS) is 11.1. The Balaban J connectivity index is 2.79. The van der Waals surface area contributed by atoms with E-state index in [-0.39, 0.29) is 11.7 Å². The summed E-state index contributed by atoms with van der Waals surface area (Å²) in [5, 5.41) is 9.80. The fraction of sp³-hybridized carbons (Fsp3) is 0. The number of hydrogen-bond acceptors (Lipinski definition) is 2. The summed E-state index contributed by atoms with van der Waals surface area (Å²) >= 11 is 1.94. The van der Waals surface area contributed by atoms with Crippen molar-refractivity contribution in [2.75, 3.05) is 5.32 Å². The predicted octanol–water partition coefficient (Wildman–Crippen LogP) is 2.45. The van der Waals surface area contributed by atoms with Crippen LogP contribution in [0.15, 0.2) is 34.0 Å². The second-order valence-corrected chi connectivity index (χ2v) is 3.71. The molecule has 0 fully saturated rings. The molecule has 1 rings (SSSR count). The molecule has 0 amide bonds. The van der Waals surface area contributed by atoms with Gasteiger partial charge in [-0.1, -0.05) is 12.1 Å². The van der Waals surface area contributed by atoms with Gasteiger partial charge in [-0.15, -0.1) is 0 Å². The molecule has 0 spiro atoms. The van der Waals surface area contributed by atoms with Gasteiger partial charge in [-0.05, 0) is 34.7 Å². The number of anilines is 1. The standard InChI is InChI=1S/C9H9FIN3/c10-6-3-1-2-4-7(6)14-8(11)5-9(12)13/h1-5,14H,(H3,12,13)/b8-5-. The van der Waals surface area contributed by atoms with E-state index in [0.29, 0.717) is 9.39 Å². The largest absolute Gasteiger partial charge is 0.384 e. The van der Waals surface area contributed by atoms with E-state index in [1.165, 1.54) is 12.1 Å². The van der Waals surface area contributed by atoms with Crippen LogP contribution in [-0.4, -0.2) is 5.84 Å². The van der Waals surface area contributed by atoms with Gasteiger partial charge in [0.05, 0.1) is 9.39 Å². The van der Waals surface area contributed by atoms with Crippen LogP contribution in [0.1, 0.15) is 0 Å². The van der Waals surface area contributed by atoms with E-state index in [2.05, 4.69) is 5.32 Å².